The molecule has 3 heterocycles. The molecule has 0 radical (unpaired) electrons. The van der Waals surface area contributed by atoms with Crippen molar-refractivity contribution in [3.8, 4) is 6.07 Å². The van der Waals surface area contributed by atoms with Gasteiger partial charge < -0.3 is 10.0 Å². The summed E-state index contributed by atoms with van der Waals surface area (Å²) in [5, 5.41) is 19.0. The van der Waals surface area contributed by atoms with Crippen molar-refractivity contribution in [1.29, 1.82) is 5.26 Å². The van der Waals surface area contributed by atoms with E-state index in [1.54, 1.807) is 17.6 Å². The predicted molar refractivity (Wildman–Crippen MR) is 161 cm³/mol. The number of hydrogen-bond donors (Lipinski definition) is 1. The number of thiocarbonyl (C=S) groups is 1. The van der Waals surface area contributed by atoms with E-state index in [4.69, 9.17) is 17.3 Å². The van der Waals surface area contributed by atoms with Gasteiger partial charge in [0.25, 0.3) is 11.5 Å². The molecule has 2 fully saturated rings. The Balaban J connectivity index is 1.73. The molecule has 1 N–H and O–H groups in total. The molecule has 4 rings (SSSR count). The summed E-state index contributed by atoms with van der Waals surface area (Å²) in [5.41, 5.74) is 2.17. The Bertz CT molecular complexity index is 1420. The molecule has 1 aromatic carbocycles. The SMILES string of the molecule is CCCCn1c(N2CCN(Cc3ccccc3)CC2)c(/C=C2/SC(=S)N(CCC(=O)O)C2=O)c(C)c(C#N)c1=O. The van der Waals surface area contributed by atoms with Gasteiger partial charge in [-0.2, -0.15) is 5.26 Å². The molecular weight excluding hydrogens is 546 g/mol. The van der Waals surface area contributed by atoms with Gasteiger partial charge in [0.1, 0.15) is 21.8 Å². The van der Waals surface area contributed by atoms with Crippen molar-refractivity contribution < 1.29 is 14.7 Å². The van der Waals surface area contributed by atoms with Crippen LogP contribution >= 0.6 is 24.0 Å². The van der Waals surface area contributed by atoms with Crippen molar-refractivity contribution in [1.82, 2.24) is 14.4 Å². The maximum atomic E-state index is 13.5. The number of piperazine rings is 1. The second-order valence-electron chi connectivity index (χ2n) is 9.89. The second kappa shape index (κ2) is 13.3. The zero-order valence-corrected chi connectivity index (χ0v) is 24.4. The van der Waals surface area contributed by atoms with Crippen LogP contribution in [0, 0.1) is 18.3 Å². The molecule has 0 atom stereocenters. The maximum absolute atomic E-state index is 13.5. The largest absolute Gasteiger partial charge is 0.481 e. The van der Waals surface area contributed by atoms with Gasteiger partial charge >= 0.3 is 5.97 Å². The number of thioether (sulfide) groups is 1. The third-order valence-corrected chi connectivity index (χ3v) is 8.58. The van der Waals surface area contributed by atoms with E-state index in [1.165, 1.54) is 10.5 Å². The Kier molecular flexibility index (Phi) is 9.79. The molecule has 0 spiro atoms. The topological polar surface area (TPSA) is 110 Å². The lowest BCUT2D eigenvalue weighted by atomic mass is 10.0. The van der Waals surface area contributed by atoms with Crippen molar-refractivity contribution in [2.75, 3.05) is 37.6 Å². The van der Waals surface area contributed by atoms with Gasteiger partial charge in [-0.05, 0) is 30.5 Å². The van der Waals surface area contributed by atoms with Crippen LogP contribution in [0.4, 0.5) is 5.82 Å². The van der Waals surface area contributed by atoms with Crippen LogP contribution in [0.5, 0.6) is 0 Å². The number of hydrogen-bond acceptors (Lipinski definition) is 8. The fourth-order valence-electron chi connectivity index (χ4n) is 5.00. The van der Waals surface area contributed by atoms with E-state index < -0.39 is 5.97 Å². The molecule has 9 nitrogen and oxygen atoms in total. The molecule has 0 unspecified atom stereocenters. The van der Waals surface area contributed by atoms with E-state index in [2.05, 4.69) is 34.9 Å². The number of nitriles is 1. The monoisotopic (exact) mass is 579 g/mol. The van der Waals surface area contributed by atoms with Crippen LogP contribution in [0.3, 0.4) is 0 Å². The Morgan fingerprint density at radius 3 is 2.48 bits per heavy atom. The van der Waals surface area contributed by atoms with Crippen LogP contribution in [0.1, 0.15) is 48.4 Å². The molecular formula is C29H33N5O4S2. The Labute approximate surface area is 243 Å². The smallest absolute Gasteiger partial charge is 0.305 e. The maximum Gasteiger partial charge on any atom is 0.305 e. The summed E-state index contributed by atoms with van der Waals surface area (Å²) < 4.78 is 1.99. The van der Waals surface area contributed by atoms with Crippen LogP contribution in [0.15, 0.2) is 40.0 Å². The second-order valence-corrected chi connectivity index (χ2v) is 11.6. The minimum absolute atomic E-state index is 0.00794. The highest BCUT2D eigenvalue weighted by molar-refractivity contribution is 8.26. The molecule has 40 heavy (non-hydrogen) atoms. The van der Waals surface area contributed by atoms with Crippen LogP contribution in [0.2, 0.25) is 0 Å². The number of aromatic nitrogens is 1. The first-order chi connectivity index (χ1) is 19.2. The average molecular weight is 580 g/mol. The van der Waals surface area contributed by atoms with Crippen LogP contribution in [-0.2, 0) is 22.7 Å². The van der Waals surface area contributed by atoms with Crippen LogP contribution < -0.4 is 10.5 Å². The number of aliphatic carboxylic acids is 1. The zero-order valence-electron chi connectivity index (χ0n) is 22.8. The van der Waals surface area contributed by atoms with Gasteiger partial charge in [-0.25, -0.2) is 0 Å². The van der Waals surface area contributed by atoms with Crippen molar-refractivity contribution in [2.45, 2.75) is 46.2 Å². The van der Waals surface area contributed by atoms with Gasteiger partial charge in [0, 0.05) is 51.4 Å². The minimum Gasteiger partial charge on any atom is -0.481 e. The molecule has 0 bridgehead atoms. The highest BCUT2D eigenvalue weighted by Crippen LogP contribution is 2.36. The van der Waals surface area contributed by atoms with Gasteiger partial charge in [-0.3, -0.25) is 28.8 Å². The number of unbranched alkanes of at least 4 members (excludes halogenated alkanes) is 1. The van der Waals surface area contributed by atoms with Crippen molar-refractivity contribution in [2.24, 2.45) is 0 Å². The Hall–Kier alpha value is -3.46. The van der Waals surface area contributed by atoms with E-state index in [0.717, 1.165) is 44.2 Å². The van der Waals surface area contributed by atoms with Crippen LogP contribution in [0.25, 0.3) is 6.08 Å². The molecule has 11 heteroatoms. The van der Waals surface area contributed by atoms with Crippen molar-refractivity contribution in [3.05, 3.63) is 67.8 Å². The summed E-state index contributed by atoms with van der Waals surface area (Å²) in [4.78, 5) is 44.1. The third-order valence-electron chi connectivity index (χ3n) is 7.20. The normalized spacial score (nSPS) is 17.1. The Morgan fingerprint density at radius 2 is 1.85 bits per heavy atom. The zero-order chi connectivity index (χ0) is 28.8. The average Bonchev–Trinajstić information content (AvgIpc) is 3.21. The summed E-state index contributed by atoms with van der Waals surface area (Å²) in [6.45, 7) is 8.06. The lowest BCUT2D eigenvalue weighted by Crippen LogP contribution is -2.48. The first-order valence-electron chi connectivity index (χ1n) is 13.4. The molecule has 2 saturated heterocycles. The first kappa shape index (κ1) is 29.5. The number of amides is 1. The highest BCUT2D eigenvalue weighted by atomic mass is 32.2. The van der Waals surface area contributed by atoms with Crippen LogP contribution in [-0.4, -0.2) is 68.4 Å². The summed E-state index contributed by atoms with van der Waals surface area (Å²) in [6.07, 6.45) is 3.16. The van der Waals surface area contributed by atoms with E-state index in [-0.39, 0.29) is 30.0 Å². The highest BCUT2D eigenvalue weighted by Gasteiger charge is 2.34. The molecule has 2 aliphatic heterocycles. The number of carboxylic acids is 1. The standard InChI is InChI=1S/C29H33N5O4S2/c1-3-4-11-33-26(32-15-13-31(14-16-32)19-21-8-6-5-7-9-21)22(20(2)23(18-30)27(33)37)17-24-28(38)34(29(39)40-24)12-10-25(35)36/h5-9,17H,3-4,10-16,19H2,1-2H3,(H,35,36)/b24-17+. The third kappa shape index (κ3) is 6.46. The van der Waals surface area contributed by atoms with E-state index in [0.29, 0.717) is 45.8 Å². The summed E-state index contributed by atoms with van der Waals surface area (Å²) in [6, 6.07) is 12.4. The summed E-state index contributed by atoms with van der Waals surface area (Å²) in [7, 11) is 0. The molecule has 0 aliphatic carbocycles. The fraction of sp³-hybridized carbons (Fsp3) is 0.414. The minimum atomic E-state index is -1.01. The first-order valence-corrected chi connectivity index (χ1v) is 14.6. The number of nitrogens with zero attached hydrogens (tertiary/aromatic N) is 5. The van der Waals surface area contributed by atoms with Crippen molar-refractivity contribution >= 4 is 52.1 Å². The molecule has 2 aromatic rings. The number of carbonyl (C=O) groups is 2. The fourth-order valence-corrected chi connectivity index (χ4v) is 6.29. The van der Waals surface area contributed by atoms with E-state index >= 15 is 0 Å². The molecule has 0 saturated carbocycles. The number of pyridine rings is 1. The van der Waals surface area contributed by atoms with Gasteiger partial charge in [-0.15, -0.1) is 0 Å². The molecule has 1 aromatic heterocycles. The summed E-state index contributed by atoms with van der Waals surface area (Å²) >= 11 is 6.50. The van der Waals surface area contributed by atoms with Gasteiger partial charge in [0.2, 0.25) is 0 Å². The van der Waals surface area contributed by atoms with Gasteiger partial charge in [-0.1, -0.05) is 67.7 Å². The number of anilines is 1. The number of rotatable bonds is 10. The number of carboxylic acid groups (broad SMARTS) is 1. The molecule has 1 amide bonds. The predicted octanol–water partition coefficient (Wildman–Crippen LogP) is 3.83. The lowest BCUT2D eigenvalue weighted by molar-refractivity contribution is -0.137. The van der Waals surface area contributed by atoms with E-state index in [1.807, 2.05) is 18.2 Å². The quantitative estimate of drug-likeness (QED) is 0.332. The molecule has 2 aliphatic rings. The Morgan fingerprint density at radius 1 is 1.15 bits per heavy atom. The van der Waals surface area contributed by atoms with E-state index in [9.17, 15) is 19.6 Å². The van der Waals surface area contributed by atoms with Gasteiger partial charge in [0.15, 0.2) is 0 Å². The number of benzene rings is 1. The molecule has 210 valence electrons. The van der Waals surface area contributed by atoms with Gasteiger partial charge in [0.05, 0.1) is 11.3 Å². The summed E-state index contributed by atoms with van der Waals surface area (Å²) in [5.74, 6) is -0.659. The number of carbonyl (C=O) groups excluding carboxylic acids is 1. The van der Waals surface area contributed by atoms with Crippen molar-refractivity contribution in [3.63, 3.8) is 0 Å². The lowest BCUT2D eigenvalue weighted by Gasteiger charge is -2.38.